The Kier molecular flexibility index (Phi) is 4.37. The molecule has 2 amide bonds. The van der Waals surface area contributed by atoms with E-state index < -0.39 is 0 Å². The molecule has 0 atom stereocenters. The van der Waals surface area contributed by atoms with Gasteiger partial charge >= 0.3 is 6.03 Å². The summed E-state index contributed by atoms with van der Waals surface area (Å²) in [6.45, 7) is 0.497. The smallest absolute Gasteiger partial charge is 0.319 e. The molecule has 3 rings (SSSR count). The maximum atomic E-state index is 11.9. The van der Waals surface area contributed by atoms with Gasteiger partial charge in [-0.2, -0.15) is 0 Å². The molecule has 2 heterocycles. The van der Waals surface area contributed by atoms with Gasteiger partial charge in [-0.25, -0.2) is 14.2 Å². The third-order valence-electron chi connectivity index (χ3n) is 3.07. The Morgan fingerprint density at radius 2 is 2.09 bits per heavy atom. The van der Waals surface area contributed by atoms with Crippen LogP contribution in [0, 0.1) is 0 Å². The van der Waals surface area contributed by atoms with Crippen LogP contribution >= 0.6 is 11.8 Å². The van der Waals surface area contributed by atoms with Gasteiger partial charge in [-0.15, -0.1) is 10.2 Å². The van der Waals surface area contributed by atoms with Crippen LogP contribution in [0.15, 0.2) is 23.4 Å². The minimum Gasteiger partial charge on any atom is -0.337 e. The molecule has 0 bridgehead atoms. The van der Waals surface area contributed by atoms with Crippen LogP contribution < -0.4 is 10.6 Å². The third-order valence-corrected chi connectivity index (χ3v) is 4.08. The molecule has 0 aliphatic heterocycles. The minimum atomic E-state index is -0.273. The minimum absolute atomic E-state index is 0.273. The fourth-order valence-electron chi connectivity index (χ4n) is 1.94. The molecule has 23 heavy (non-hydrogen) atoms. The first kappa shape index (κ1) is 15.2. The van der Waals surface area contributed by atoms with Crippen molar-refractivity contribution < 1.29 is 4.79 Å². The summed E-state index contributed by atoms with van der Waals surface area (Å²) in [6.07, 6.45) is 0. The molecule has 2 aromatic heterocycles. The van der Waals surface area contributed by atoms with Crippen molar-refractivity contribution in [3.63, 3.8) is 0 Å². The first-order chi connectivity index (χ1) is 11.1. The van der Waals surface area contributed by atoms with Crippen LogP contribution in [-0.2, 0) is 14.1 Å². The fraction of sp³-hybridized carbons (Fsp3) is 0.333. The number of thioether (sulfide) groups is 1. The van der Waals surface area contributed by atoms with Crippen LogP contribution in [0.25, 0.3) is 11.0 Å². The van der Waals surface area contributed by atoms with E-state index in [2.05, 4.69) is 36.5 Å². The van der Waals surface area contributed by atoms with E-state index in [9.17, 15) is 4.79 Å². The third kappa shape index (κ3) is 3.56. The number of fused-ring (bicyclic) bond motifs is 1. The van der Waals surface area contributed by atoms with E-state index in [1.807, 2.05) is 19.2 Å². The number of nitrogens with zero attached hydrogens (tertiary/aromatic N) is 7. The molecule has 2 N–H and O–H groups in total. The highest BCUT2D eigenvalue weighted by Crippen LogP contribution is 2.16. The summed E-state index contributed by atoms with van der Waals surface area (Å²) in [5, 5.41) is 25.3. The molecule has 0 fully saturated rings. The molecule has 0 aliphatic carbocycles. The van der Waals surface area contributed by atoms with Gasteiger partial charge in [-0.1, -0.05) is 17.0 Å². The second kappa shape index (κ2) is 6.60. The molecule has 0 saturated carbocycles. The number of nitrogens with one attached hydrogen (secondary N) is 2. The average Bonchev–Trinajstić information content (AvgIpc) is 3.10. The molecular formula is C12H15N9OS. The number of benzene rings is 1. The van der Waals surface area contributed by atoms with Crippen molar-refractivity contribution in [1.82, 2.24) is 40.5 Å². The van der Waals surface area contributed by atoms with Crippen molar-refractivity contribution in [1.29, 1.82) is 0 Å². The second-order valence-electron chi connectivity index (χ2n) is 4.73. The maximum absolute atomic E-state index is 11.9. The van der Waals surface area contributed by atoms with Crippen LogP contribution in [-0.4, -0.2) is 53.5 Å². The van der Waals surface area contributed by atoms with Gasteiger partial charge in [-0.05, 0) is 28.6 Å². The molecule has 10 nitrogen and oxygen atoms in total. The number of anilines is 1. The van der Waals surface area contributed by atoms with Gasteiger partial charge in [0.05, 0.1) is 5.52 Å². The number of urea groups is 1. The van der Waals surface area contributed by atoms with E-state index in [1.54, 1.807) is 22.5 Å². The van der Waals surface area contributed by atoms with E-state index in [0.29, 0.717) is 23.1 Å². The molecule has 3 aromatic rings. The molecule has 11 heteroatoms. The second-order valence-corrected chi connectivity index (χ2v) is 5.79. The summed E-state index contributed by atoms with van der Waals surface area (Å²) >= 11 is 1.47. The van der Waals surface area contributed by atoms with Crippen LogP contribution in [0.5, 0.6) is 0 Å². The topological polar surface area (TPSA) is 115 Å². The predicted octanol–water partition coefficient (Wildman–Crippen LogP) is 0.406. The van der Waals surface area contributed by atoms with Crippen LogP contribution in [0.3, 0.4) is 0 Å². The summed E-state index contributed by atoms with van der Waals surface area (Å²) in [5.74, 6) is 0.671. The van der Waals surface area contributed by atoms with Crippen LogP contribution in [0.2, 0.25) is 0 Å². The number of hydrogen-bond acceptors (Lipinski definition) is 7. The van der Waals surface area contributed by atoms with Gasteiger partial charge in [0.15, 0.2) is 0 Å². The number of aryl methyl sites for hydroxylation is 2. The van der Waals surface area contributed by atoms with Crippen LogP contribution in [0.4, 0.5) is 10.5 Å². The van der Waals surface area contributed by atoms with Gasteiger partial charge in [-0.3, -0.25) is 0 Å². The summed E-state index contributed by atoms with van der Waals surface area (Å²) in [6, 6.07) is 5.18. The van der Waals surface area contributed by atoms with Crippen molar-refractivity contribution in [3.05, 3.63) is 18.2 Å². The van der Waals surface area contributed by atoms with Crippen molar-refractivity contribution in [2.24, 2.45) is 14.1 Å². The Morgan fingerprint density at radius 1 is 1.22 bits per heavy atom. The largest absolute Gasteiger partial charge is 0.337 e. The zero-order valence-electron chi connectivity index (χ0n) is 12.6. The van der Waals surface area contributed by atoms with Crippen molar-refractivity contribution >= 4 is 34.5 Å². The molecule has 120 valence electrons. The molecule has 0 radical (unpaired) electrons. The van der Waals surface area contributed by atoms with Crippen LogP contribution in [0.1, 0.15) is 0 Å². The maximum Gasteiger partial charge on any atom is 0.319 e. The van der Waals surface area contributed by atoms with Crippen molar-refractivity contribution in [2.75, 3.05) is 17.6 Å². The van der Waals surface area contributed by atoms with Crippen molar-refractivity contribution in [2.45, 2.75) is 5.16 Å². The van der Waals surface area contributed by atoms with Gasteiger partial charge < -0.3 is 10.6 Å². The van der Waals surface area contributed by atoms with E-state index in [0.717, 1.165) is 11.0 Å². The zero-order valence-corrected chi connectivity index (χ0v) is 13.4. The zero-order chi connectivity index (χ0) is 16.2. The van der Waals surface area contributed by atoms with Gasteiger partial charge in [0.2, 0.25) is 5.16 Å². The number of rotatable bonds is 5. The highest BCUT2D eigenvalue weighted by molar-refractivity contribution is 7.99. The SMILES string of the molecule is Cn1nnnc1SCCNC(=O)Nc1ccc2c(c1)nnn2C. The summed E-state index contributed by atoms with van der Waals surface area (Å²) in [7, 11) is 3.59. The average molecular weight is 333 g/mol. The fourth-order valence-corrected chi connectivity index (χ4v) is 2.65. The molecule has 1 aromatic carbocycles. The number of amides is 2. The van der Waals surface area contributed by atoms with E-state index in [-0.39, 0.29) is 6.03 Å². The molecule has 0 unspecified atom stereocenters. The highest BCUT2D eigenvalue weighted by atomic mass is 32.2. The lowest BCUT2D eigenvalue weighted by molar-refractivity contribution is 0.252. The van der Waals surface area contributed by atoms with Gasteiger partial charge in [0.1, 0.15) is 5.52 Å². The standard InChI is InChI=1S/C12H15N9OS/c1-20-10-4-3-8(7-9(10)15-18-20)14-11(22)13-5-6-23-12-16-17-19-21(12)2/h3-4,7H,5-6H2,1-2H3,(H2,13,14,22). The molecule has 0 aliphatic rings. The Bertz CT molecular complexity index is 827. The summed E-state index contributed by atoms with van der Waals surface area (Å²) < 4.78 is 3.26. The normalized spacial score (nSPS) is 10.9. The first-order valence-electron chi connectivity index (χ1n) is 6.83. The number of hydrogen-bond donors (Lipinski definition) is 2. The lowest BCUT2D eigenvalue weighted by Gasteiger charge is -2.07. The monoisotopic (exact) mass is 333 g/mol. The lowest BCUT2D eigenvalue weighted by Crippen LogP contribution is -2.30. The van der Waals surface area contributed by atoms with Gasteiger partial charge in [0, 0.05) is 32.1 Å². The van der Waals surface area contributed by atoms with E-state index in [1.165, 1.54) is 11.8 Å². The van der Waals surface area contributed by atoms with E-state index in [4.69, 9.17) is 0 Å². The number of carbonyl (C=O) groups excluding carboxylic acids is 1. The first-order valence-corrected chi connectivity index (χ1v) is 7.81. The molecular weight excluding hydrogens is 318 g/mol. The molecule has 0 saturated heterocycles. The number of aromatic nitrogens is 7. The Balaban J connectivity index is 1.47. The predicted molar refractivity (Wildman–Crippen MR) is 85.1 cm³/mol. The number of carbonyl (C=O) groups is 1. The quantitative estimate of drug-likeness (QED) is 0.513. The number of tetrazole rings is 1. The summed E-state index contributed by atoms with van der Waals surface area (Å²) in [4.78, 5) is 11.9. The summed E-state index contributed by atoms with van der Waals surface area (Å²) in [5.41, 5.74) is 2.31. The lowest BCUT2D eigenvalue weighted by atomic mass is 10.3. The van der Waals surface area contributed by atoms with Crippen molar-refractivity contribution in [3.8, 4) is 0 Å². The Morgan fingerprint density at radius 3 is 2.87 bits per heavy atom. The highest BCUT2D eigenvalue weighted by Gasteiger charge is 2.06. The van der Waals surface area contributed by atoms with Gasteiger partial charge in [0.25, 0.3) is 0 Å². The van der Waals surface area contributed by atoms with E-state index >= 15 is 0 Å². The Labute approximate surface area is 135 Å². The molecule has 0 spiro atoms. The Hall–Kier alpha value is -2.69.